The van der Waals surface area contributed by atoms with Gasteiger partial charge in [0.25, 0.3) is 0 Å². The summed E-state index contributed by atoms with van der Waals surface area (Å²) in [6.45, 7) is 0.597. The first kappa shape index (κ1) is 18.8. The molecule has 1 aliphatic heterocycles. The number of hydrogen-bond acceptors (Lipinski definition) is 5. The van der Waals surface area contributed by atoms with Crippen molar-refractivity contribution in [3.63, 3.8) is 0 Å². The van der Waals surface area contributed by atoms with Crippen LogP contribution >= 0.6 is 0 Å². The van der Waals surface area contributed by atoms with E-state index in [1.165, 1.54) is 12.1 Å². The Balaban J connectivity index is 1.47. The van der Waals surface area contributed by atoms with E-state index in [1.54, 1.807) is 24.3 Å². The molecule has 3 atom stereocenters. The van der Waals surface area contributed by atoms with Gasteiger partial charge in [0.1, 0.15) is 11.6 Å². The van der Waals surface area contributed by atoms with Gasteiger partial charge in [0, 0.05) is 24.2 Å². The van der Waals surface area contributed by atoms with Crippen molar-refractivity contribution in [2.75, 3.05) is 13.1 Å². The molecule has 3 rings (SSSR count). The molecule has 0 saturated carbocycles. The van der Waals surface area contributed by atoms with Gasteiger partial charge in [-0.1, -0.05) is 24.3 Å². The lowest BCUT2D eigenvalue weighted by atomic mass is 10.0. The van der Waals surface area contributed by atoms with Crippen molar-refractivity contribution in [2.24, 2.45) is 0 Å². The molecule has 6 heteroatoms. The van der Waals surface area contributed by atoms with Crippen LogP contribution in [0.4, 0.5) is 4.39 Å². The molecule has 1 saturated heterocycles. The number of rotatable bonds is 7. The first-order valence-corrected chi connectivity index (χ1v) is 8.79. The molecule has 0 aromatic heterocycles. The van der Waals surface area contributed by atoms with Crippen molar-refractivity contribution in [1.29, 1.82) is 0 Å². The van der Waals surface area contributed by atoms with Crippen LogP contribution in [0.25, 0.3) is 0 Å². The monoisotopic (exact) mass is 361 g/mol. The second kappa shape index (κ2) is 8.60. The number of halogens is 1. The molecular formula is C20H24FNO4. The summed E-state index contributed by atoms with van der Waals surface area (Å²) in [5.41, 5.74) is 1.60. The minimum atomic E-state index is -0.760. The Bertz CT molecular complexity index is 740. The van der Waals surface area contributed by atoms with Crippen molar-refractivity contribution in [2.45, 2.75) is 37.8 Å². The third-order valence-electron chi connectivity index (χ3n) is 4.73. The van der Waals surface area contributed by atoms with E-state index < -0.39 is 6.10 Å². The molecule has 2 aromatic carbocycles. The highest BCUT2D eigenvalue weighted by atomic mass is 19.1. The zero-order chi connectivity index (χ0) is 18.5. The van der Waals surface area contributed by atoms with E-state index in [0.29, 0.717) is 29.8 Å². The summed E-state index contributed by atoms with van der Waals surface area (Å²) in [5.74, 6) is -0.233. The highest BCUT2D eigenvalue weighted by Crippen LogP contribution is 2.33. The van der Waals surface area contributed by atoms with Crippen LogP contribution in [-0.2, 0) is 11.3 Å². The standard InChI is InChI=1S/C20H24FNO4/c21-17-4-2-1-3-16(17)20-8-6-15(26-20)10-22-11-19(25)13-5-7-18(24)14(9-13)12-23/h1-5,7,9,15,19-20,22-25H,6,8,10-12H2. The van der Waals surface area contributed by atoms with Crippen molar-refractivity contribution in [1.82, 2.24) is 5.32 Å². The summed E-state index contributed by atoms with van der Waals surface area (Å²) >= 11 is 0. The number of nitrogens with one attached hydrogen (secondary N) is 1. The molecule has 5 nitrogen and oxygen atoms in total. The first-order valence-electron chi connectivity index (χ1n) is 8.79. The molecular weight excluding hydrogens is 337 g/mol. The summed E-state index contributed by atoms with van der Waals surface area (Å²) in [5, 5.41) is 32.2. The number of ether oxygens (including phenoxy) is 1. The Morgan fingerprint density at radius 2 is 2.00 bits per heavy atom. The highest BCUT2D eigenvalue weighted by Gasteiger charge is 2.28. The molecule has 0 aliphatic carbocycles. The van der Waals surface area contributed by atoms with Gasteiger partial charge < -0.3 is 25.4 Å². The fourth-order valence-electron chi connectivity index (χ4n) is 3.26. The van der Waals surface area contributed by atoms with E-state index in [9.17, 15) is 19.7 Å². The number of hydrogen-bond donors (Lipinski definition) is 4. The van der Waals surface area contributed by atoms with Crippen LogP contribution in [0.15, 0.2) is 42.5 Å². The number of aromatic hydroxyl groups is 1. The second-order valence-electron chi connectivity index (χ2n) is 6.57. The number of aliphatic hydroxyl groups excluding tert-OH is 2. The van der Waals surface area contributed by atoms with Crippen LogP contribution in [0.3, 0.4) is 0 Å². The second-order valence-corrected chi connectivity index (χ2v) is 6.57. The molecule has 0 spiro atoms. The summed E-state index contributed by atoms with van der Waals surface area (Å²) < 4.78 is 19.8. The smallest absolute Gasteiger partial charge is 0.129 e. The fourth-order valence-corrected chi connectivity index (χ4v) is 3.26. The molecule has 0 radical (unpaired) electrons. The maximum absolute atomic E-state index is 13.8. The molecule has 2 aromatic rings. The van der Waals surface area contributed by atoms with E-state index in [-0.39, 0.29) is 30.4 Å². The molecule has 26 heavy (non-hydrogen) atoms. The lowest BCUT2D eigenvalue weighted by Crippen LogP contribution is -2.30. The Labute approximate surface area is 152 Å². The minimum Gasteiger partial charge on any atom is -0.508 e. The zero-order valence-corrected chi connectivity index (χ0v) is 14.4. The molecule has 3 unspecified atom stereocenters. The quantitative estimate of drug-likeness (QED) is 0.609. The van der Waals surface area contributed by atoms with Gasteiger partial charge in [0.05, 0.1) is 24.9 Å². The summed E-state index contributed by atoms with van der Waals surface area (Å²) in [4.78, 5) is 0. The lowest BCUT2D eigenvalue weighted by Gasteiger charge is -2.17. The Morgan fingerprint density at radius 3 is 2.77 bits per heavy atom. The van der Waals surface area contributed by atoms with Crippen molar-refractivity contribution in [3.8, 4) is 5.75 Å². The summed E-state index contributed by atoms with van der Waals surface area (Å²) in [7, 11) is 0. The lowest BCUT2D eigenvalue weighted by molar-refractivity contribution is 0.0410. The van der Waals surface area contributed by atoms with Crippen LogP contribution in [0, 0.1) is 5.82 Å². The number of aliphatic hydroxyl groups is 2. The number of phenols is 1. The SMILES string of the molecule is OCc1cc(C(O)CNCC2CCC(c3ccccc3F)O2)ccc1O. The van der Waals surface area contributed by atoms with Gasteiger partial charge in [-0.25, -0.2) is 4.39 Å². The minimum absolute atomic E-state index is 0.00921. The van der Waals surface area contributed by atoms with Gasteiger partial charge >= 0.3 is 0 Å². The predicted octanol–water partition coefficient (Wildman–Crippen LogP) is 2.57. The van der Waals surface area contributed by atoms with Gasteiger partial charge in [-0.05, 0) is 36.6 Å². The van der Waals surface area contributed by atoms with Crippen LogP contribution in [0.5, 0.6) is 5.75 Å². The molecule has 4 N–H and O–H groups in total. The maximum atomic E-state index is 13.8. The van der Waals surface area contributed by atoms with E-state index in [4.69, 9.17) is 4.74 Å². The predicted molar refractivity (Wildman–Crippen MR) is 95.1 cm³/mol. The average molecular weight is 361 g/mol. The Hall–Kier alpha value is -1.99. The van der Waals surface area contributed by atoms with Crippen LogP contribution in [0.1, 0.15) is 41.7 Å². The van der Waals surface area contributed by atoms with Gasteiger partial charge in [-0.2, -0.15) is 0 Å². The zero-order valence-electron chi connectivity index (χ0n) is 14.4. The first-order chi connectivity index (χ1) is 12.6. The van der Waals surface area contributed by atoms with Gasteiger partial charge in [-0.15, -0.1) is 0 Å². The fraction of sp³-hybridized carbons (Fsp3) is 0.400. The van der Waals surface area contributed by atoms with Crippen molar-refractivity contribution < 1.29 is 24.4 Å². The maximum Gasteiger partial charge on any atom is 0.129 e. The van der Waals surface area contributed by atoms with Crippen LogP contribution < -0.4 is 5.32 Å². The van der Waals surface area contributed by atoms with Gasteiger partial charge in [-0.3, -0.25) is 0 Å². The van der Waals surface area contributed by atoms with Gasteiger partial charge in [0.15, 0.2) is 0 Å². The van der Waals surface area contributed by atoms with Gasteiger partial charge in [0.2, 0.25) is 0 Å². The summed E-state index contributed by atoms with van der Waals surface area (Å²) in [6.07, 6.45) is 0.588. The Kier molecular flexibility index (Phi) is 6.21. The molecule has 0 amide bonds. The normalized spacial score (nSPS) is 21.0. The average Bonchev–Trinajstić information content (AvgIpc) is 3.11. The molecule has 1 fully saturated rings. The highest BCUT2D eigenvalue weighted by molar-refractivity contribution is 5.36. The molecule has 140 valence electrons. The van der Waals surface area contributed by atoms with E-state index in [0.717, 1.165) is 12.8 Å². The van der Waals surface area contributed by atoms with Crippen LogP contribution in [0.2, 0.25) is 0 Å². The summed E-state index contributed by atoms with van der Waals surface area (Å²) in [6, 6.07) is 11.3. The Morgan fingerprint density at radius 1 is 1.19 bits per heavy atom. The van der Waals surface area contributed by atoms with Crippen molar-refractivity contribution in [3.05, 3.63) is 65.0 Å². The molecule has 0 bridgehead atoms. The van der Waals surface area contributed by atoms with E-state index in [2.05, 4.69) is 5.32 Å². The number of benzene rings is 2. The largest absolute Gasteiger partial charge is 0.508 e. The van der Waals surface area contributed by atoms with Crippen LogP contribution in [-0.4, -0.2) is 34.5 Å². The molecule has 1 aliphatic rings. The van der Waals surface area contributed by atoms with E-state index >= 15 is 0 Å². The molecule has 1 heterocycles. The van der Waals surface area contributed by atoms with Crippen molar-refractivity contribution >= 4 is 0 Å². The van der Waals surface area contributed by atoms with E-state index in [1.807, 2.05) is 6.07 Å². The third kappa shape index (κ3) is 4.40. The third-order valence-corrected chi connectivity index (χ3v) is 4.73. The topological polar surface area (TPSA) is 82.0 Å².